The number of Topliss-reactive ketones (excluding diaryl/α,β-unsaturated/α-hetero) is 1. The minimum atomic E-state index is -0.167. The number of hydrogen-bond donors (Lipinski definition) is 0. The number of carbonyl (C=O) groups excluding carboxylic acids is 1. The minimum absolute atomic E-state index is 0.126. The Morgan fingerprint density at radius 2 is 2.36 bits per heavy atom. The third kappa shape index (κ3) is 1.62. The van der Waals surface area contributed by atoms with Crippen LogP contribution < -0.4 is 4.74 Å². The molecule has 2 nitrogen and oxygen atoms in total. The second-order valence-corrected chi connectivity index (χ2v) is 3.83. The van der Waals surface area contributed by atoms with Crippen molar-refractivity contribution in [1.82, 2.24) is 0 Å². The van der Waals surface area contributed by atoms with Gasteiger partial charge in [-0.25, -0.2) is 0 Å². The van der Waals surface area contributed by atoms with Crippen molar-refractivity contribution in [3.05, 3.63) is 29.3 Å². The number of rotatable bonds is 1. The number of benzene rings is 1. The Balaban J connectivity index is 2.40. The second kappa shape index (κ2) is 3.62. The van der Waals surface area contributed by atoms with Gasteiger partial charge in [0.05, 0.1) is 11.4 Å². The first-order valence-corrected chi connectivity index (χ1v) is 5.10. The second-order valence-electron chi connectivity index (χ2n) is 3.52. The number of ketones is 1. The fourth-order valence-corrected chi connectivity index (χ4v) is 1.76. The van der Waals surface area contributed by atoms with Crippen LogP contribution in [-0.4, -0.2) is 17.8 Å². The van der Waals surface area contributed by atoms with Crippen LogP contribution in [0.5, 0.6) is 5.75 Å². The lowest BCUT2D eigenvalue weighted by Gasteiger charge is -2.23. The van der Waals surface area contributed by atoms with E-state index in [1.54, 1.807) is 0 Å². The van der Waals surface area contributed by atoms with Crippen LogP contribution in [0.15, 0.2) is 18.2 Å². The minimum Gasteiger partial charge on any atom is -0.488 e. The molecular weight excluding hydrogens is 200 g/mol. The van der Waals surface area contributed by atoms with E-state index in [-0.39, 0.29) is 11.9 Å². The number of alkyl halides is 1. The molecule has 1 heterocycles. The number of hydrogen-bond acceptors (Lipinski definition) is 2. The van der Waals surface area contributed by atoms with Gasteiger partial charge >= 0.3 is 0 Å². The topological polar surface area (TPSA) is 26.3 Å². The Labute approximate surface area is 87.8 Å². The average Bonchev–Trinajstić information content (AvgIpc) is 2.19. The fourth-order valence-electron chi connectivity index (χ4n) is 1.59. The lowest BCUT2D eigenvalue weighted by molar-refractivity contribution is 0.0874. The molecule has 0 spiro atoms. The number of ether oxygens (including phenoxy) is 1. The molecule has 0 radical (unpaired) electrons. The van der Waals surface area contributed by atoms with Crippen molar-refractivity contribution in [1.29, 1.82) is 0 Å². The summed E-state index contributed by atoms with van der Waals surface area (Å²) in [6.45, 7) is 1.96. The van der Waals surface area contributed by atoms with E-state index >= 15 is 0 Å². The monoisotopic (exact) mass is 210 g/mol. The molecule has 0 aromatic heterocycles. The SMILES string of the molecule is Cc1ccc2c(c1)C(=O)CC(CCl)O2. The molecule has 74 valence electrons. The Morgan fingerprint density at radius 3 is 3.07 bits per heavy atom. The van der Waals surface area contributed by atoms with Gasteiger partial charge < -0.3 is 4.74 Å². The summed E-state index contributed by atoms with van der Waals surface area (Å²) < 4.78 is 5.55. The summed E-state index contributed by atoms with van der Waals surface area (Å²) in [6, 6.07) is 5.63. The van der Waals surface area contributed by atoms with E-state index in [2.05, 4.69) is 0 Å². The van der Waals surface area contributed by atoms with Crippen LogP contribution in [0.1, 0.15) is 22.3 Å². The summed E-state index contributed by atoms with van der Waals surface area (Å²) >= 11 is 5.67. The van der Waals surface area contributed by atoms with E-state index in [1.807, 2.05) is 25.1 Å². The maximum absolute atomic E-state index is 11.7. The molecule has 14 heavy (non-hydrogen) atoms. The van der Waals surface area contributed by atoms with Crippen molar-refractivity contribution < 1.29 is 9.53 Å². The maximum atomic E-state index is 11.7. The van der Waals surface area contributed by atoms with Gasteiger partial charge in [0.2, 0.25) is 0 Å². The van der Waals surface area contributed by atoms with Crippen molar-refractivity contribution in [2.24, 2.45) is 0 Å². The summed E-state index contributed by atoms with van der Waals surface area (Å²) in [5, 5.41) is 0. The van der Waals surface area contributed by atoms with Crippen LogP contribution in [-0.2, 0) is 0 Å². The molecule has 1 aliphatic heterocycles. The standard InChI is InChI=1S/C11H11ClO2/c1-7-2-3-11-9(4-7)10(13)5-8(6-12)14-11/h2-4,8H,5-6H2,1H3. The van der Waals surface area contributed by atoms with Crippen LogP contribution in [0.3, 0.4) is 0 Å². The molecule has 1 aliphatic rings. The molecule has 3 heteroatoms. The summed E-state index contributed by atoms with van der Waals surface area (Å²) in [5.41, 5.74) is 1.76. The van der Waals surface area contributed by atoms with Crippen LogP contribution >= 0.6 is 11.6 Å². The molecule has 1 unspecified atom stereocenters. The molecule has 0 fully saturated rings. The predicted octanol–water partition coefficient (Wildman–Crippen LogP) is 2.57. The molecule has 0 aliphatic carbocycles. The summed E-state index contributed by atoms with van der Waals surface area (Å²) in [4.78, 5) is 11.7. The highest BCUT2D eigenvalue weighted by Crippen LogP contribution is 2.28. The normalized spacial score (nSPS) is 20.1. The quantitative estimate of drug-likeness (QED) is 0.666. The van der Waals surface area contributed by atoms with E-state index in [4.69, 9.17) is 16.3 Å². The smallest absolute Gasteiger partial charge is 0.170 e. The third-order valence-corrected chi connectivity index (χ3v) is 2.66. The maximum Gasteiger partial charge on any atom is 0.170 e. The van der Waals surface area contributed by atoms with Gasteiger partial charge in [-0.05, 0) is 19.1 Å². The summed E-state index contributed by atoms with van der Waals surface area (Å²) in [6.07, 6.45) is 0.222. The summed E-state index contributed by atoms with van der Waals surface area (Å²) in [5.74, 6) is 1.15. The first kappa shape index (κ1) is 9.53. The van der Waals surface area contributed by atoms with E-state index in [9.17, 15) is 4.79 Å². The molecule has 0 bridgehead atoms. The Kier molecular flexibility index (Phi) is 2.46. The van der Waals surface area contributed by atoms with Crippen LogP contribution in [0.2, 0.25) is 0 Å². The van der Waals surface area contributed by atoms with Gasteiger partial charge in [0.1, 0.15) is 11.9 Å². The van der Waals surface area contributed by atoms with Gasteiger partial charge in [-0.15, -0.1) is 11.6 Å². The van der Waals surface area contributed by atoms with Gasteiger partial charge in [-0.3, -0.25) is 4.79 Å². The highest BCUT2D eigenvalue weighted by Gasteiger charge is 2.25. The van der Waals surface area contributed by atoms with Crippen molar-refractivity contribution >= 4 is 17.4 Å². The molecule has 0 saturated carbocycles. The van der Waals surface area contributed by atoms with Crippen LogP contribution in [0.25, 0.3) is 0 Å². The van der Waals surface area contributed by atoms with Crippen molar-refractivity contribution in [2.75, 3.05) is 5.88 Å². The Hall–Kier alpha value is -1.02. The van der Waals surface area contributed by atoms with Gasteiger partial charge in [-0.1, -0.05) is 11.6 Å². The Bertz CT molecular complexity index is 374. The van der Waals surface area contributed by atoms with E-state index in [0.717, 1.165) is 5.56 Å². The highest BCUT2D eigenvalue weighted by molar-refractivity contribution is 6.18. The molecule has 1 aromatic carbocycles. The van der Waals surface area contributed by atoms with E-state index in [1.165, 1.54) is 0 Å². The van der Waals surface area contributed by atoms with E-state index < -0.39 is 0 Å². The molecule has 1 atom stereocenters. The van der Waals surface area contributed by atoms with Gasteiger partial charge in [0.25, 0.3) is 0 Å². The van der Waals surface area contributed by atoms with Crippen molar-refractivity contribution in [3.8, 4) is 5.75 Å². The molecule has 0 amide bonds. The lowest BCUT2D eigenvalue weighted by atomic mass is 10.00. The fraction of sp³-hybridized carbons (Fsp3) is 0.364. The zero-order chi connectivity index (χ0) is 10.1. The molecule has 0 N–H and O–H groups in total. The molecule has 1 aromatic rings. The molecule has 0 saturated heterocycles. The number of aryl methyl sites for hydroxylation is 1. The molecule has 2 rings (SSSR count). The van der Waals surface area contributed by atoms with Gasteiger partial charge in [0, 0.05) is 6.42 Å². The predicted molar refractivity (Wildman–Crippen MR) is 55.3 cm³/mol. The van der Waals surface area contributed by atoms with Gasteiger partial charge in [-0.2, -0.15) is 0 Å². The van der Waals surface area contributed by atoms with Crippen LogP contribution in [0, 0.1) is 6.92 Å². The Morgan fingerprint density at radius 1 is 1.57 bits per heavy atom. The first-order valence-electron chi connectivity index (χ1n) is 4.57. The third-order valence-electron chi connectivity index (χ3n) is 2.31. The number of carbonyl (C=O) groups is 1. The van der Waals surface area contributed by atoms with Gasteiger partial charge in [0.15, 0.2) is 5.78 Å². The highest BCUT2D eigenvalue weighted by atomic mass is 35.5. The zero-order valence-electron chi connectivity index (χ0n) is 7.92. The first-order chi connectivity index (χ1) is 6.70. The average molecular weight is 211 g/mol. The number of halogens is 1. The van der Waals surface area contributed by atoms with Crippen LogP contribution in [0.4, 0.5) is 0 Å². The van der Waals surface area contributed by atoms with Crippen molar-refractivity contribution in [2.45, 2.75) is 19.4 Å². The zero-order valence-corrected chi connectivity index (χ0v) is 8.67. The van der Waals surface area contributed by atoms with Crippen molar-refractivity contribution in [3.63, 3.8) is 0 Å². The van der Waals surface area contributed by atoms with E-state index in [0.29, 0.717) is 23.6 Å². The summed E-state index contributed by atoms with van der Waals surface area (Å²) in [7, 11) is 0. The largest absolute Gasteiger partial charge is 0.488 e. The molecular formula is C11H11ClO2. The number of fused-ring (bicyclic) bond motifs is 1. The lowest BCUT2D eigenvalue weighted by Crippen LogP contribution is -2.28.